The molecule has 0 heterocycles. The molecule has 0 fully saturated rings. The van der Waals surface area contributed by atoms with Crippen LogP contribution in [-0.2, 0) is 16.6 Å². The number of nitriles is 1. The smallest absolute Gasteiger partial charge is 0.337 e. The highest BCUT2D eigenvalue weighted by atomic mass is 16.5. The van der Waals surface area contributed by atoms with Gasteiger partial charge in [0, 0.05) is 6.54 Å². The molecular weight excluding hydrogens is 452 g/mol. The summed E-state index contributed by atoms with van der Waals surface area (Å²) in [4.78, 5) is 14.4. The maximum absolute atomic E-state index is 12.1. The molecule has 0 saturated heterocycles. The van der Waals surface area contributed by atoms with E-state index >= 15 is 0 Å². The minimum absolute atomic E-state index is 0.132. The largest absolute Gasteiger partial charge is 0.493 e. The summed E-state index contributed by atoms with van der Waals surface area (Å²) >= 11 is 0. The van der Waals surface area contributed by atoms with E-state index in [4.69, 9.17) is 14.2 Å². The van der Waals surface area contributed by atoms with Crippen molar-refractivity contribution in [3.63, 3.8) is 0 Å². The van der Waals surface area contributed by atoms with Crippen molar-refractivity contribution >= 4 is 11.5 Å². The number of hydrogen-bond acceptors (Lipinski definition) is 6. The van der Waals surface area contributed by atoms with Gasteiger partial charge in [0.2, 0.25) is 0 Å². The van der Waals surface area contributed by atoms with Crippen molar-refractivity contribution in [3.8, 4) is 17.6 Å². The van der Waals surface area contributed by atoms with Gasteiger partial charge < -0.3 is 19.1 Å². The number of likely N-dealkylation sites (N-methyl/N-ethyl adjacent to an activating group) is 1. The SMILES string of the molecule is C=C(C)c1cc(CCN(C)CCCC(C#N)(c2ccc(OC)c(OC)c2)C(C)C)cc(C(=O)OC)c1. The lowest BCUT2D eigenvalue weighted by Crippen LogP contribution is -2.32. The fourth-order valence-electron chi connectivity index (χ4n) is 4.51. The molecule has 0 radical (unpaired) electrons. The van der Waals surface area contributed by atoms with Gasteiger partial charge in [0.05, 0.1) is 38.4 Å². The Morgan fingerprint density at radius 3 is 2.28 bits per heavy atom. The maximum atomic E-state index is 12.1. The highest BCUT2D eigenvalue weighted by Crippen LogP contribution is 2.40. The van der Waals surface area contributed by atoms with Crippen molar-refractivity contribution in [1.82, 2.24) is 4.90 Å². The zero-order chi connectivity index (χ0) is 26.9. The van der Waals surface area contributed by atoms with Crippen LogP contribution in [0.25, 0.3) is 5.57 Å². The van der Waals surface area contributed by atoms with E-state index in [-0.39, 0.29) is 11.9 Å². The van der Waals surface area contributed by atoms with E-state index in [1.54, 1.807) is 14.2 Å². The third kappa shape index (κ3) is 6.89. The van der Waals surface area contributed by atoms with Crippen LogP contribution in [-0.4, -0.2) is 52.3 Å². The number of nitrogens with zero attached hydrogens (tertiary/aromatic N) is 2. The molecule has 0 aliphatic heterocycles. The van der Waals surface area contributed by atoms with Crippen LogP contribution in [0.5, 0.6) is 11.5 Å². The van der Waals surface area contributed by atoms with Crippen molar-refractivity contribution in [2.75, 3.05) is 41.5 Å². The Hall–Kier alpha value is -3.30. The molecule has 0 aliphatic carbocycles. The average molecular weight is 493 g/mol. The van der Waals surface area contributed by atoms with Gasteiger partial charge in [0.1, 0.15) is 0 Å². The number of esters is 1. The molecule has 2 aromatic rings. The highest BCUT2D eigenvalue weighted by Gasteiger charge is 2.36. The van der Waals surface area contributed by atoms with Crippen LogP contribution in [0.4, 0.5) is 0 Å². The first-order valence-electron chi connectivity index (χ1n) is 12.3. The van der Waals surface area contributed by atoms with Crippen LogP contribution in [0, 0.1) is 17.2 Å². The van der Waals surface area contributed by atoms with Crippen molar-refractivity contribution in [2.24, 2.45) is 5.92 Å². The van der Waals surface area contributed by atoms with E-state index in [0.717, 1.165) is 54.6 Å². The second-order valence-corrected chi connectivity index (χ2v) is 9.65. The molecule has 2 rings (SSSR count). The number of hydrogen-bond donors (Lipinski definition) is 0. The Kier molecular flexibility index (Phi) is 10.6. The fraction of sp³-hybridized carbons (Fsp3) is 0.467. The van der Waals surface area contributed by atoms with Crippen LogP contribution in [0.1, 0.15) is 60.7 Å². The normalized spacial score (nSPS) is 12.7. The second-order valence-electron chi connectivity index (χ2n) is 9.65. The second kappa shape index (κ2) is 13.1. The Morgan fingerprint density at radius 2 is 1.72 bits per heavy atom. The van der Waals surface area contributed by atoms with Gasteiger partial charge in [-0.15, -0.1) is 0 Å². The van der Waals surface area contributed by atoms with Crippen LogP contribution in [0.2, 0.25) is 0 Å². The van der Waals surface area contributed by atoms with Gasteiger partial charge in [-0.05, 0) is 86.7 Å². The van der Waals surface area contributed by atoms with E-state index in [0.29, 0.717) is 17.1 Å². The van der Waals surface area contributed by atoms with Gasteiger partial charge >= 0.3 is 5.97 Å². The number of carbonyl (C=O) groups is 1. The highest BCUT2D eigenvalue weighted by molar-refractivity contribution is 5.90. The van der Waals surface area contributed by atoms with Gasteiger partial charge in [-0.25, -0.2) is 4.79 Å². The van der Waals surface area contributed by atoms with Crippen LogP contribution in [0.15, 0.2) is 43.0 Å². The number of methoxy groups -OCH3 is 3. The van der Waals surface area contributed by atoms with E-state index in [9.17, 15) is 10.1 Å². The average Bonchev–Trinajstić information content (AvgIpc) is 2.88. The molecule has 0 aliphatic rings. The lowest BCUT2D eigenvalue weighted by atomic mass is 9.69. The Morgan fingerprint density at radius 1 is 1.06 bits per heavy atom. The van der Waals surface area contributed by atoms with E-state index < -0.39 is 5.41 Å². The molecule has 36 heavy (non-hydrogen) atoms. The molecule has 2 aromatic carbocycles. The predicted octanol–water partition coefficient (Wildman–Crippen LogP) is 5.90. The molecular formula is C30H40N2O4. The summed E-state index contributed by atoms with van der Waals surface area (Å²) in [5.74, 6) is 1.08. The van der Waals surface area contributed by atoms with Crippen LogP contribution >= 0.6 is 0 Å². The van der Waals surface area contributed by atoms with Crippen molar-refractivity contribution < 1.29 is 19.0 Å². The van der Waals surface area contributed by atoms with Gasteiger partial charge in [-0.1, -0.05) is 38.1 Å². The number of benzene rings is 2. The molecule has 1 unspecified atom stereocenters. The monoisotopic (exact) mass is 492 g/mol. The maximum Gasteiger partial charge on any atom is 0.337 e. The molecule has 0 saturated carbocycles. The quantitative estimate of drug-likeness (QED) is 0.324. The molecule has 194 valence electrons. The molecule has 0 aromatic heterocycles. The Bertz CT molecular complexity index is 1100. The number of ether oxygens (including phenoxy) is 3. The zero-order valence-electron chi connectivity index (χ0n) is 22.8. The zero-order valence-corrected chi connectivity index (χ0v) is 22.8. The third-order valence-corrected chi connectivity index (χ3v) is 6.88. The van der Waals surface area contributed by atoms with Crippen LogP contribution in [0.3, 0.4) is 0 Å². The Balaban J connectivity index is 2.09. The standard InChI is InChI=1S/C30H40N2O4/c1-21(2)24-16-23(17-25(18-24)29(33)36-8)12-15-32(5)14-9-13-30(20-31,22(3)4)26-10-11-27(34-6)28(19-26)35-7/h10-11,16-19,22H,1,9,12-15H2,2-8H3. The van der Waals surface area contributed by atoms with Gasteiger partial charge in [0.25, 0.3) is 0 Å². The molecule has 6 heteroatoms. The summed E-state index contributed by atoms with van der Waals surface area (Å²) in [6.45, 7) is 11.8. The molecule has 1 atom stereocenters. The summed E-state index contributed by atoms with van der Waals surface area (Å²) in [5.41, 5.74) is 3.80. The van der Waals surface area contributed by atoms with Crippen molar-refractivity contribution in [3.05, 3.63) is 65.2 Å². The molecule has 0 spiro atoms. The van der Waals surface area contributed by atoms with Crippen molar-refractivity contribution in [1.29, 1.82) is 5.26 Å². The van der Waals surface area contributed by atoms with Crippen LogP contribution < -0.4 is 9.47 Å². The first-order valence-corrected chi connectivity index (χ1v) is 12.3. The first-order chi connectivity index (χ1) is 17.1. The summed E-state index contributed by atoms with van der Waals surface area (Å²) in [5, 5.41) is 10.3. The number of rotatable bonds is 13. The molecule has 0 bridgehead atoms. The first kappa shape index (κ1) is 28.9. The number of carbonyl (C=O) groups excluding carboxylic acids is 1. The summed E-state index contributed by atoms with van der Waals surface area (Å²) < 4.78 is 15.8. The van der Waals surface area contributed by atoms with Gasteiger partial charge in [-0.3, -0.25) is 0 Å². The summed E-state index contributed by atoms with van der Waals surface area (Å²) in [6, 6.07) is 14.2. The lowest BCUT2D eigenvalue weighted by molar-refractivity contribution is 0.0600. The summed E-state index contributed by atoms with van der Waals surface area (Å²) in [7, 11) is 6.70. The third-order valence-electron chi connectivity index (χ3n) is 6.88. The van der Waals surface area contributed by atoms with Gasteiger partial charge in [0.15, 0.2) is 11.5 Å². The predicted molar refractivity (Wildman–Crippen MR) is 145 cm³/mol. The lowest BCUT2D eigenvalue weighted by Gasteiger charge is -2.32. The van der Waals surface area contributed by atoms with Crippen molar-refractivity contribution in [2.45, 2.75) is 45.4 Å². The van der Waals surface area contributed by atoms with E-state index in [1.165, 1.54) is 7.11 Å². The minimum Gasteiger partial charge on any atom is -0.493 e. The number of allylic oxidation sites excluding steroid dienone is 1. The fourth-order valence-corrected chi connectivity index (χ4v) is 4.51. The molecule has 0 amide bonds. The minimum atomic E-state index is -0.619. The van der Waals surface area contributed by atoms with E-state index in [1.807, 2.05) is 37.3 Å². The topological polar surface area (TPSA) is 71.8 Å². The molecule has 6 nitrogen and oxygen atoms in total. The van der Waals surface area contributed by atoms with E-state index in [2.05, 4.69) is 44.5 Å². The van der Waals surface area contributed by atoms with Gasteiger partial charge in [-0.2, -0.15) is 5.26 Å². The Labute approximate surface area is 216 Å². The summed E-state index contributed by atoms with van der Waals surface area (Å²) in [6.07, 6.45) is 2.40. The molecule has 0 N–H and O–H groups in total.